The number of carbonyl (C=O) groups is 2. The quantitative estimate of drug-likeness (QED) is 0.754. The number of ether oxygens (including phenoxy) is 1. The van der Waals surface area contributed by atoms with E-state index in [9.17, 15) is 14.0 Å². The lowest BCUT2D eigenvalue weighted by atomic mass is 10.1. The summed E-state index contributed by atoms with van der Waals surface area (Å²) in [7, 11) is 1.59. The van der Waals surface area contributed by atoms with E-state index >= 15 is 0 Å². The third-order valence-electron chi connectivity index (χ3n) is 3.64. The Kier molecular flexibility index (Phi) is 6.49. The van der Waals surface area contributed by atoms with E-state index in [2.05, 4.69) is 5.32 Å². The van der Waals surface area contributed by atoms with Crippen LogP contribution in [0.3, 0.4) is 0 Å². The number of methoxy groups -OCH3 is 1. The fraction of sp³-hybridized carbons (Fsp3) is 0.263. The third kappa shape index (κ3) is 5.19. The van der Waals surface area contributed by atoms with Gasteiger partial charge in [0.05, 0.1) is 7.11 Å². The molecule has 0 bridgehead atoms. The highest BCUT2D eigenvalue weighted by molar-refractivity contribution is 5.96. The minimum absolute atomic E-state index is 0.0903. The van der Waals surface area contributed by atoms with Crippen molar-refractivity contribution in [3.63, 3.8) is 0 Å². The molecular weight excluding hydrogens is 309 g/mol. The number of hydrogen-bond acceptors (Lipinski definition) is 3. The highest BCUT2D eigenvalue weighted by atomic mass is 19.1. The van der Waals surface area contributed by atoms with Gasteiger partial charge in [0.15, 0.2) is 5.78 Å². The van der Waals surface area contributed by atoms with Crippen molar-refractivity contribution in [1.29, 1.82) is 0 Å². The number of ketones is 1. The summed E-state index contributed by atoms with van der Waals surface area (Å²) in [6.07, 6.45) is 0.976. The van der Waals surface area contributed by atoms with Gasteiger partial charge in [-0.2, -0.15) is 0 Å². The highest BCUT2D eigenvalue weighted by Crippen LogP contribution is 2.16. The Hall–Kier alpha value is -2.69. The summed E-state index contributed by atoms with van der Waals surface area (Å²) in [5, 5.41) is 2.81. The number of amides is 1. The fourth-order valence-corrected chi connectivity index (χ4v) is 2.32. The third-order valence-corrected chi connectivity index (χ3v) is 3.64. The number of halogens is 1. The molecule has 0 aliphatic carbocycles. The van der Waals surface area contributed by atoms with Crippen LogP contribution >= 0.6 is 0 Å². The van der Waals surface area contributed by atoms with E-state index in [1.54, 1.807) is 7.11 Å². The Morgan fingerprint density at radius 1 is 1.04 bits per heavy atom. The normalized spacial score (nSPS) is 10.2. The predicted molar refractivity (Wildman–Crippen MR) is 89.4 cm³/mol. The van der Waals surface area contributed by atoms with Crippen LogP contribution in [0.1, 0.15) is 35.2 Å². The molecule has 5 heteroatoms. The van der Waals surface area contributed by atoms with Gasteiger partial charge in [-0.25, -0.2) is 4.39 Å². The van der Waals surface area contributed by atoms with Gasteiger partial charge < -0.3 is 10.1 Å². The SMILES string of the molecule is COc1ccccc1CNC(=O)CCCC(=O)c1ccc(F)cc1. The second-order valence-corrected chi connectivity index (χ2v) is 5.37. The Labute approximate surface area is 140 Å². The van der Waals surface area contributed by atoms with Crippen molar-refractivity contribution >= 4 is 11.7 Å². The fourth-order valence-electron chi connectivity index (χ4n) is 2.32. The second-order valence-electron chi connectivity index (χ2n) is 5.37. The molecule has 0 saturated heterocycles. The number of hydrogen-bond donors (Lipinski definition) is 1. The first-order valence-corrected chi connectivity index (χ1v) is 7.77. The van der Waals surface area contributed by atoms with Gasteiger partial charge in [0.1, 0.15) is 11.6 Å². The van der Waals surface area contributed by atoms with E-state index in [1.807, 2.05) is 24.3 Å². The molecule has 0 radical (unpaired) electrons. The number of nitrogens with one attached hydrogen (secondary N) is 1. The molecule has 24 heavy (non-hydrogen) atoms. The lowest BCUT2D eigenvalue weighted by molar-refractivity contribution is -0.121. The zero-order chi connectivity index (χ0) is 17.4. The second kappa shape index (κ2) is 8.82. The molecule has 0 spiro atoms. The van der Waals surface area contributed by atoms with Crippen molar-refractivity contribution < 1.29 is 18.7 Å². The molecule has 2 rings (SSSR count). The standard InChI is InChI=1S/C19H20FNO3/c1-24-18-7-3-2-5-15(18)13-21-19(23)8-4-6-17(22)14-9-11-16(20)12-10-14/h2-3,5,7,9-12H,4,6,8,13H2,1H3,(H,21,23). The van der Waals surface area contributed by atoms with Crippen LogP contribution in [-0.2, 0) is 11.3 Å². The zero-order valence-electron chi connectivity index (χ0n) is 13.5. The van der Waals surface area contributed by atoms with Crippen molar-refractivity contribution in [3.05, 3.63) is 65.5 Å². The molecular formula is C19H20FNO3. The lowest BCUT2D eigenvalue weighted by Crippen LogP contribution is -2.22. The van der Waals surface area contributed by atoms with Crippen LogP contribution in [0.2, 0.25) is 0 Å². The first kappa shape index (κ1) is 17.7. The lowest BCUT2D eigenvalue weighted by Gasteiger charge is -2.09. The number of Topliss-reactive ketones (excluding diaryl/α,β-unsaturated/α-hetero) is 1. The van der Waals surface area contributed by atoms with E-state index in [4.69, 9.17) is 4.74 Å². The Balaban J connectivity index is 1.73. The smallest absolute Gasteiger partial charge is 0.220 e. The van der Waals surface area contributed by atoms with Crippen molar-refractivity contribution in [1.82, 2.24) is 5.32 Å². The van der Waals surface area contributed by atoms with Gasteiger partial charge in [0.25, 0.3) is 0 Å². The molecule has 1 amide bonds. The van der Waals surface area contributed by atoms with E-state index < -0.39 is 0 Å². The van der Waals surface area contributed by atoms with Crippen molar-refractivity contribution in [2.75, 3.05) is 7.11 Å². The molecule has 126 valence electrons. The van der Waals surface area contributed by atoms with Gasteiger partial charge in [-0.15, -0.1) is 0 Å². The molecule has 0 heterocycles. The molecule has 0 aliphatic heterocycles. The maximum atomic E-state index is 12.8. The van der Waals surface area contributed by atoms with Gasteiger partial charge in [-0.1, -0.05) is 18.2 Å². The minimum atomic E-state index is -0.373. The van der Waals surface area contributed by atoms with Gasteiger partial charge in [-0.3, -0.25) is 9.59 Å². The Morgan fingerprint density at radius 2 is 1.75 bits per heavy atom. The maximum absolute atomic E-state index is 12.8. The van der Waals surface area contributed by atoms with Crippen molar-refractivity contribution in [2.24, 2.45) is 0 Å². The minimum Gasteiger partial charge on any atom is -0.496 e. The number of rotatable bonds is 8. The largest absolute Gasteiger partial charge is 0.496 e. The molecule has 1 N–H and O–H groups in total. The van der Waals surface area contributed by atoms with E-state index in [0.29, 0.717) is 18.5 Å². The summed E-state index contributed by atoms with van der Waals surface area (Å²) in [6, 6.07) is 12.9. The van der Waals surface area contributed by atoms with Crippen LogP contribution in [0.25, 0.3) is 0 Å². The topological polar surface area (TPSA) is 55.4 Å². The van der Waals surface area contributed by atoms with E-state index in [0.717, 1.165) is 11.3 Å². The van der Waals surface area contributed by atoms with E-state index in [-0.39, 0.29) is 30.3 Å². The summed E-state index contributed by atoms with van der Waals surface area (Å²) in [5.74, 6) is 0.145. The maximum Gasteiger partial charge on any atom is 0.220 e. The van der Waals surface area contributed by atoms with Crippen LogP contribution < -0.4 is 10.1 Å². The zero-order valence-corrected chi connectivity index (χ0v) is 13.5. The Morgan fingerprint density at radius 3 is 2.46 bits per heavy atom. The van der Waals surface area contributed by atoms with Gasteiger partial charge in [-0.05, 0) is 36.8 Å². The van der Waals surface area contributed by atoms with Gasteiger partial charge in [0.2, 0.25) is 5.91 Å². The highest BCUT2D eigenvalue weighted by Gasteiger charge is 2.09. The van der Waals surface area contributed by atoms with Crippen LogP contribution in [0.5, 0.6) is 5.75 Å². The van der Waals surface area contributed by atoms with Crippen LogP contribution in [-0.4, -0.2) is 18.8 Å². The first-order chi connectivity index (χ1) is 11.6. The molecule has 2 aromatic rings. The number of benzene rings is 2. The molecule has 2 aromatic carbocycles. The van der Waals surface area contributed by atoms with Crippen LogP contribution in [0.15, 0.2) is 48.5 Å². The van der Waals surface area contributed by atoms with E-state index in [1.165, 1.54) is 24.3 Å². The van der Waals surface area contributed by atoms with Crippen LogP contribution in [0.4, 0.5) is 4.39 Å². The first-order valence-electron chi connectivity index (χ1n) is 7.77. The summed E-state index contributed by atoms with van der Waals surface area (Å²) in [4.78, 5) is 23.8. The molecule has 4 nitrogen and oxygen atoms in total. The monoisotopic (exact) mass is 329 g/mol. The number of carbonyl (C=O) groups excluding carboxylic acids is 2. The summed E-state index contributed by atoms with van der Waals surface area (Å²) < 4.78 is 18.0. The number of para-hydroxylation sites is 1. The molecule has 0 unspecified atom stereocenters. The average Bonchev–Trinajstić information content (AvgIpc) is 2.60. The molecule has 0 saturated carbocycles. The predicted octanol–water partition coefficient (Wildman–Crippen LogP) is 3.50. The summed E-state index contributed by atoms with van der Waals surface area (Å²) >= 11 is 0. The van der Waals surface area contributed by atoms with Crippen molar-refractivity contribution in [3.8, 4) is 5.75 Å². The average molecular weight is 329 g/mol. The van der Waals surface area contributed by atoms with Gasteiger partial charge in [0, 0.05) is 30.5 Å². The molecule has 0 fully saturated rings. The summed E-state index contributed by atoms with van der Waals surface area (Å²) in [6.45, 7) is 0.384. The Bertz CT molecular complexity index is 698. The van der Waals surface area contributed by atoms with Crippen molar-refractivity contribution in [2.45, 2.75) is 25.8 Å². The van der Waals surface area contributed by atoms with Gasteiger partial charge >= 0.3 is 0 Å². The molecule has 0 aliphatic rings. The molecule has 0 aromatic heterocycles. The van der Waals surface area contributed by atoms with Crippen LogP contribution in [0, 0.1) is 5.82 Å². The summed E-state index contributed by atoms with van der Waals surface area (Å²) in [5.41, 5.74) is 1.36. The molecule has 0 atom stereocenters.